The standard InChI is InChI=1S/C19H22/c1-3-16-14(2)13-19(15-9-5-4-6-10-15)18-12-8-7-11-17(16)18/h4-12,14,16,19H,3,13H2,1-2H3. The van der Waals surface area contributed by atoms with E-state index in [1.165, 1.54) is 18.4 Å². The Morgan fingerprint density at radius 1 is 0.895 bits per heavy atom. The Balaban J connectivity index is 2.08. The first-order valence-electron chi connectivity index (χ1n) is 7.45. The highest BCUT2D eigenvalue weighted by Gasteiger charge is 2.31. The van der Waals surface area contributed by atoms with E-state index in [0.717, 1.165) is 11.8 Å². The molecule has 0 radical (unpaired) electrons. The van der Waals surface area contributed by atoms with Gasteiger partial charge < -0.3 is 0 Å². The van der Waals surface area contributed by atoms with Crippen LogP contribution in [0.25, 0.3) is 0 Å². The van der Waals surface area contributed by atoms with Crippen LogP contribution in [0.15, 0.2) is 54.6 Å². The van der Waals surface area contributed by atoms with Gasteiger partial charge in [-0.05, 0) is 41.4 Å². The highest BCUT2D eigenvalue weighted by molar-refractivity contribution is 5.42. The average molecular weight is 250 g/mol. The first-order valence-corrected chi connectivity index (χ1v) is 7.45. The molecule has 1 aliphatic rings. The SMILES string of the molecule is CCC1c2ccccc2C(c2ccccc2)CC1C. The van der Waals surface area contributed by atoms with E-state index in [9.17, 15) is 0 Å². The molecule has 98 valence electrons. The topological polar surface area (TPSA) is 0 Å². The molecule has 0 saturated carbocycles. The van der Waals surface area contributed by atoms with Crippen LogP contribution in [0, 0.1) is 5.92 Å². The number of fused-ring (bicyclic) bond motifs is 1. The predicted octanol–water partition coefficient (Wildman–Crippen LogP) is 5.35. The molecule has 0 fully saturated rings. The van der Waals surface area contributed by atoms with E-state index in [2.05, 4.69) is 68.4 Å². The van der Waals surface area contributed by atoms with Gasteiger partial charge >= 0.3 is 0 Å². The van der Waals surface area contributed by atoms with Crippen molar-refractivity contribution in [3.8, 4) is 0 Å². The van der Waals surface area contributed by atoms with Gasteiger partial charge in [0.1, 0.15) is 0 Å². The lowest BCUT2D eigenvalue weighted by Crippen LogP contribution is -2.22. The molecule has 2 aromatic rings. The van der Waals surface area contributed by atoms with Gasteiger partial charge in [0.05, 0.1) is 0 Å². The van der Waals surface area contributed by atoms with Crippen molar-refractivity contribution in [2.75, 3.05) is 0 Å². The van der Waals surface area contributed by atoms with Crippen molar-refractivity contribution in [1.82, 2.24) is 0 Å². The van der Waals surface area contributed by atoms with Gasteiger partial charge in [-0.3, -0.25) is 0 Å². The number of benzene rings is 2. The molecule has 2 aromatic carbocycles. The third-order valence-corrected chi connectivity index (χ3v) is 4.71. The van der Waals surface area contributed by atoms with Crippen molar-refractivity contribution < 1.29 is 0 Å². The van der Waals surface area contributed by atoms with E-state index >= 15 is 0 Å². The summed E-state index contributed by atoms with van der Waals surface area (Å²) in [5.74, 6) is 2.08. The molecule has 0 aromatic heterocycles. The van der Waals surface area contributed by atoms with Crippen molar-refractivity contribution in [2.24, 2.45) is 5.92 Å². The molecule has 19 heavy (non-hydrogen) atoms. The summed E-state index contributed by atoms with van der Waals surface area (Å²) in [6.45, 7) is 4.74. The van der Waals surface area contributed by atoms with E-state index in [0.29, 0.717) is 5.92 Å². The van der Waals surface area contributed by atoms with E-state index < -0.39 is 0 Å². The van der Waals surface area contributed by atoms with Crippen LogP contribution in [0.4, 0.5) is 0 Å². The number of rotatable bonds is 2. The second-order valence-electron chi connectivity index (χ2n) is 5.82. The third kappa shape index (κ3) is 2.20. The van der Waals surface area contributed by atoms with Gasteiger partial charge in [0.15, 0.2) is 0 Å². The van der Waals surface area contributed by atoms with Gasteiger partial charge in [-0.2, -0.15) is 0 Å². The number of hydrogen-bond donors (Lipinski definition) is 0. The molecule has 3 unspecified atom stereocenters. The molecule has 3 atom stereocenters. The van der Waals surface area contributed by atoms with Gasteiger partial charge in [-0.25, -0.2) is 0 Å². The van der Waals surface area contributed by atoms with E-state index in [-0.39, 0.29) is 0 Å². The lowest BCUT2D eigenvalue weighted by atomic mass is 9.68. The molecule has 0 amide bonds. The van der Waals surface area contributed by atoms with Crippen molar-refractivity contribution in [3.63, 3.8) is 0 Å². The second kappa shape index (κ2) is 5.21. The summed E-state index contributed by atoms with van der Waals surface area (Å²) in [6.07, 6.45) is 2.53. The molecule has 0 heterocycles. The van der Waals surface area contributed by atoms with Gasteiger partial charge in [0.2, 0.25) is 0 Å². The predicted molar refractivity (Wildman–Crippen MR) is 81.5 cm³/mol. The molecule has 0 nitrogen and oxygen atoms in total. The molecule has 1 aliphatic carbocycles. The normalized spacial score (nSPS) is 25.9. The average Bonchev–Trinajstić information content (AvgIpc) is 2.47. The third-order valence-electron chi connectivity index (χ3n) is 4.71. The molecule has 0 bridgehead atoms. The molecule has 0 saturated heterocycles. The second-order valence-corrected chi connectivity index (χ2v) is 5.82. The van der Waals surface area contributed by atoms with Gasteiger partial charge in [0.25, 0.3) is 0 Å². The lowest BCUT2D eigenvalue weighted by molar-refractivity contribution is 0.372. The molecular weight excluding hydrogens is 228 g/mol. The first kappa shape index (κ1) is 12.5. The molecule has 0 N–H and O–H groups in total. The number of hydrogen-bond acceptors (Lipinski definition) is 0. The first-order chi connectivity index (χ1) is 9.31. The smallest absolute Gasteiger partial charge is 0.00949 e. The summed E-state index contributed by atoms with van der Waals surface area (Å²) in [7, 11) is 0. The Bertz CT molecular complexity index is 541. The van der Waals surface area contributed by atoms with E-state index in [4.69, 9.17) is 0 Å². The highest BCUT2D eigenvalue weighted by Crippen LogP contribution is 2.46. The zero-order chi connectivity index (χ0) is 13.2. The van der Waals surface area contributed by atoms with Crippen molar-refractivity contribution in [1.29, 1.82) is 0 Å². The van der Waals surface area contributed by atoms with E-state index in [1.54, 1.807) is 11.1 Å². The fourth-order valence-corrected chi connectivity index (χ4v) is 3.76. The maximum atomic E-state index is 2.42. The van der Waals surface area contributed by atoms with Crippen LogP contribution in [0.3, 0.4) is 0 Å². The summed E-state index contributed by atoms with van der Waals surface area (Å²) < 4.78 is 0. The Kier molecular flexibility index (Phi) is 3.42. The van der Waals surface area contributed by atoms with E-state index in [1.807, 2.05) is 0 Å². The van der Waals surface area contributed by atoms with Crippen LogP contribution in [-0.2, 0) is 0 Å². The summed E-state index contributed by atoms with van der Waals surface area (Å²) in [5, 5.41) is 0. The van der Waals surface area contributed by atoms with Gasteiger partial charge in [0, 0.05) is 5.92 Å². The lowest BCUT2D eigenvalue weighted by Gasteiger charge is -2.36. The molecule has 0 aliphatic heterocycles. The zero-order valence-corrected chi connectivity index (χ0v) is 11.8. The summed E-state index contributed by atoms with van der Waals surface area (Å²) in [6, 6.07) is 20.1. The Morgan fingerprint density at radius 3 is 2.21 bits per heavy atom. The molecule has 0 heteroatoms. The quantitative estimate of drug-likeness (QED) is 0.673. The zero-order valence-electron chi connectivity index (χ0n) is 11.8. The molecule has 0 spiro atoms. The maximum absolute atomic E-state index is 2.42. The van der Waals surface area contributed by atoms with Crippen LogP contribution in [0.2, 0.25) is 0 Å². The fraction of sp³-hybridized carbons (Fsp3) is 0.368. The summed E-state index contributed by atoms with van der Waals surface area (Å²) in [5.41, 5.74) is 4.60. The largest absolute Gasteiger partial charge is 0.0648 e. The Morgan fingerprint density at radius 2 is 1.53 bits per heavy atom. The fourth-order valence-electron chi connectivity index (χ4n) is 3.76. The highest BCUT2D eigenvalue weighted by atomic mass is 14.4. The summed E-state index contributed by atoms with van der Waals surface area (Å²) >= 11 is 0. The Hall–Kier alpha value is -1.56. The minimum atomic E-state index is 0.579. The van der Waals surface area contributed by atoms with Crippen LogP contribution in [-0.4, -0.2) is 0 Å². The van der Waals surface area contributed by atoms with Crippen LogP contribution in [0.5, 0.6) is 0 Å². The van der Waals surface area contributed by atoms with Crippen LogP contribution in [0.1, 0.15) is 55.2 Å². The van der Waals surface area contributed by atoms with Crippen LogP contribution < -0.4 is 0 Å². The van der Waals surface area contributed by atoms with Crippen molar-refractivity contribution in [2.45, 2.75) is 38.5 Å². The van der Waals surface area contributed by atoms with Crippen molar-refractivity contribution >= 4 is 0 Å². The maximum Gasteiger partial charge on any atom is 0.00949 e. The monoisotopic (exact) mass is 250 g/mol. The van der Waals surface area contributed by atoms with Gasteiger partial charge in [-0.1, -0.05) is 68.4 Å². The molecular formula is C19H22. The Labute approximate surface area is 116 Å². The molecule has 3 rings (SSSR count). The van der Waals surface area contributed by atoms with Crippen LogP contribution >= 0.6 is 0 Å². The van der Waals surface area contributed by atoms with Gasteiger partial charge in [-0.15, -0.1) is 0 Å². The summed E-state index contributed by atoms with van der Waals surface area (Å²) in [4.78, 5) is 0. The van der Waals surface area contributed by atoms with Crippen molar-refractivity contribution in [3.05, 3.63) is 71.3 Å². The minimum absolute atomic E-state index is 0.579. The minimum Gasteiger partial charge on any atom is -0.0648 e.